The number of ketones is 1. The number of hydrogen-bond acceptors (Lipinski definition) is 3. The summed E-state index contributed by atoms with van der Waals surface area (Å²) in [6.45, 7) is 1.79. The van der Waals surface area contributed by atoms with Crippen LogP contribution in [0.3, 0.4) is 0 Å². The summed E-state index contributed by atoms with van der Waals surface area (Å²) in [5, 5.41) is 3.33. The quantitative estimate of drug-likeness (QED) is 0.859. The third-order valence-electron chi connectivity index (χ3n) is 4.63. The molecule has 21 heavy (non-hydrogen) atoms. The molecule has 0 amide bonds. The lowest BCUT2D eigenvalue weighted by Crippen LogP contribution is -2.20. The fourth-order valence-corrected chi connectivity index (χ4v) is 3.51. The summed E-state index contributed by atoms with van der Waals surface area (Å²) in [6, 6.07) is 10.2. The first-order valence-electron chi connectivity index (χ1n) is 7.63. The second kappa shape index (κ2) is 5.08. The Morgan fingerprint density at radius 1 is 1.14 bits per heavy atom. The number of benzene rings is 1. The molecule has 4 rings (SSSR count). The maximum Gasteiger partial charge on any atom is 0.171 e. The summed E-state index contributed by atoms with van der Waals surface area (Å²) >= 11 is 0. The molecular weight excluding hydrogens is 260 g/mol. The molecule has 1 N–H and O–H groups in total. The van der Waals surface area contributed by atoms with E-state index in [2.05, 4.69) is 28.5 Å². The molecule has 3 nitrogen and oxygen atoms in total. The Bertz CT molecular complexity index is 708. The van der Waals surface area contributed by atoms with Crippen molar-refractivity contribution in [3.8, 4) is 0 Å². The van der Waals surface area contributed by atoms with Gasteiger partial charge in [0.25, 0.3) is 0 Å². The van der Waals surface area contributed by atoms with Crippen LogP contribution in [-0.2, 0) is 19.5 Å². The molecule has 0 fully saturated rings. The van der Waals surface area contributed by atoms with Gasteiger partial charge in [-0.1, -0.05) is 18.2 Å². The van der Waals surface area contributed by atoms with Gasteiger partial charge in [-0.05, 0) is 48.1 Å². The SMILES string of the molecule is O=C(c1ccc2c(c1)CNC2)C1CCCc2cccnc21. The molecular formula is C18H18N2O. The number of aryl methyl sites for hydroxylation is 1. The number of Topliss-reactive ketones (excluding diaryl/α,β-unsaturated/α-hetero) is 1. The molecule has 1 aliphatic carbocycles. The largest absolute Gasteiger partial charge is 0.309 e. The first-order valence-corrected chi connectivity index (χ1v) is 7.63. The third-order valence-corrected chi connectivity index (χ3v) is 4.63. The predicted molar refractivity (Wildman–Crippen MR) is 81.2 cm³/mol. The molecule has 0 saturated heterocycles. The number of aromatic nitrogens is 1. The number of rotatable bonds is 2. The van der Waals surface area contributed by atoms with Gasteiger partial charge in [-0.15, -0.1) is 0 Å². The van der Waals surface area contributed by atoms with Crippen molar-refractivity contribution >= 4 is 5.78 Å². The van der Waals surface area contributed by atoms with E-state index in [9.17, 15) is 4.79 Å². The van der Waals surface area contributed by atoms with Crippen molar-refractivity contribution in [2.24, 2.45) is 0 Å². The van der Waals surface area contributed by atoms with E-state index in [1.807, 2.05) is 12.1 Å². The number of nitrogens with one attached hydrogen (secondary N) is 1. The van der Waals surface area contributed by atoms with Crippen molar-refractivity contribution in [2.45, 2.75) is 38.3 Å². The lowest BCUT2D eigenvalue weighted by molar-refractivity contribution is 0.0949. The number of pyridine rings is 1. The minimum absolute atomic E-state index is 0.0673. The number of carbonyl (C=O) groups is 1. The monoisotopic (exact) mass is 278 g/mol. The van der Waals surface area contributed by atoms with Gasteiger partial charge in [0, 0.05) is 24.8 Å². The maximum atomic E-state index is 12.9. The van der Waals surface area contributed by atoms with Crippen molar-refractivity contribution in [1.82, 2.24) is 10.3 Å². The summed E-state index contributed by atoms with van der Waals surface area (Å²) < 4.78 is 0. The molecule has 1 aliphatic heterocycles. The Balaban J connectivity index is 1.70. The van der Waals surface area contributed by atoms with Crippen molar-refractivity contribution in [1.29, 1.82) is 0 Å². The highest BCUT2D eigenvalue weighted by Crippen LogP contribution is 2.33. The van der Waals surface area contributed by atoms with Gasteiger partial charge in [-0.2, -0.15) is 0 Å². The summed E-state index contributed by atoms with van der Waals surface area (Å²) in [5.41, 5.74) is 5.64. The van der Waals surface area contributed by atoms with Crippen LogP contribution in [0.2, 0.25) is 0 Å². The average molecular weight is 278 g/mol. The third kappa shape index (κ3) is 2.18. The first kappa shape index (κ1) is 12.7. The fourth-order valence-electron chi connectivity index (χ4n) is 3.51. The summed E-state index contributed by atoms with van der Waals surface area (Å²) in [6.07, 6.45) is 4.83. The van der Waals surface area contributed by atoms with E-state index in [0.717, 1.165) is 43.6 Å². The average Bonchev–Trinajstić information content (AvgIpc) is 3.01. The normalized spacial score (nSPS) is 19.9. The number of hydrogen-bond donors (Lipinski definition) is 1. The molecule has 1 aromatic carbocycles. The highest BCUT2D eigenvalue weighted by molar-refractivity contribution is 6.01. The Morgan fingerprint density at radius 3 is 3.00 bits per heavy atom. The molecule has 1 atom stereocenters. The van der Waals surface area contributed by atoms with Crippen molar-refractivity contribution < 1.29 is 4.79 Å². The molecule has 2 aromatic rings. The molecule has 3 heteroatoms. The van der Waals surface area contributed by atoms with E-state index in [1.54, 1.807) is 6.20 Å². The minimum atomic E-state index is -0.0673. The molecule has 106 valence electrons. The lowest BCUT2D eigenvalue weighted by atomic mass is 9.81. The van der Waals surface area contributed by atoms with Crippen LogP contribution in [0.1, 0.15) is 51.5 Å². The molecule has 0 spiro atoms. The van der Waals surface area contributed by atoms with E-state index in [0.29, 0.717) is 0 Å². The van der Waals surface area contributed by atoms with Crippen LogP contribution in [0.5, 0.6) is 0 Å². The second-order valence-electron chi connectivity index (χ2n) is 5.94. The van der Waals surface area contributed by atoms with E-state index >= 15 is 0 Å². The van der Waals surface area contributed by atoms with Gasteiger partial charge >= 0.3 is 0 Å². The summed E-state index contributed by atoms with van der Waals surface area (Å²) in [7, 11) is 0. The van der Waals surface area contributed by atoms with Gasteiger partial charge in [0.15, 0.2) is 5.78 Å². The highest BCUT2D eigenvalue weighted by atomic mass is 16.1. The summed E-state index contributed by atoms with van der Waals surface area (Å²) in [4.78, 5) is 17.4. The van der Waals surface area contributed by atoms with Gasteiger partial charge in [0.2, 0.25) is 0 Å². The Labute approximate surface area is 124 Å². The molecule has 0 bridgehead atoms. The fraction of sp³-hybridized carbons (Fsp3) is 0.333. The molecule has 1 unspecified atom stereocenters. The van der Waals surface area contributed by atoms with Crippen molar-refractivity contribution in [3.05, 3.63) is 64.5 Å². The van der Waals surface area contributed by atoms with E-state index in [4.69, 9.17) is 0 Å². The van der Waals surface area contributed by atoms with Crippen molar-refractivity contribution in [3.63, 3.8) is 0 Å². The van der Waals surface area contributed by atoms with Crippen molar-refractivity contribution in [2.75, 3.05) is 0 Å². The lowest BCUT2D eigenvalue weighted by Gasteiger charge is -2.23. The Hall–Kier alpha value is -2.00. The number of fused-ring (bicyclic) bond motifs is 2. The van der Waals surface area contributed by atoms with Gasteiger partial charge in [-0.3, -0.25) is 9.78 Å². The van der Waals surface area contributed by atoms with Gasteiger partial charge in [0.1, 0.15) is 0 Å². The van der Waals surface area contributed by atoms with Gasteiger partial charge < -0.3 is 5.32 Å². The van der Waals surface area contributed by atoms with Crippen LogP contribution in [0.4, 0.5) is 0 Å². The Morgan fingerprint density at radius 2 is 2.05 bits per heavy atom. The molecule has 2 aliphatic rings. The topological polar surface area (TPSA) is 42.0 Å². The van der Waals surface area contributed by atoms with E-state index < -0.39 is 0 Å². The zero-order chi connectivity index (χ0) is 14.2. The second-order valence-corrected chi connectivity index (χ2v) is 5.94. The van der Waals surface area contributed by atoms with Crippen LogP contribution < -0.4 is 5.32 Å². The molecule has 1 aromatic heterocycles. The molecule has 0 radical (unpaired) electrons. The van der Waals surface area contributed by atoms with E-state index in [1.165, 1.54) is 16.7 Å². The maximum absolute atomic E-state index is 12.9. The molecule has 2 heterocycles. The first-order chi connectivity index (χ1) is 10.3. The van der Waals surface area contributed by atoms with E-state index in [-0.39, 0.29) is 11.7 Å². The molecule has 0 saturated carbocycles. The predicted octanol–water partition coefficient (Wildman–Crippen LogP) is 2.99. The summed E-state index contributed by atoms with van der Waals surface area (Å²) in [5.74, 6) is 0.159. The smallest absolute Gasteiger partial charge is 0.171 e. The highest BCUT2D eigenvalue weighted by Gasteiger charge is 2.28. The zero-order valence-corrected chi connectivity index (χ0v) is 11.9. The zero-order valence-electron chi connectivity index (χ0n) is 11.9. The number of carbonyl (C=O) groups excluding carboxylic acids is 1. The Kier molecular flexibility index (Phi) is 3.08. The number of nitrogens with zero attached hydrogens (tertiary/aromatic N) is 1. The van der Waals surface area contributed by atoms with Crippen LogP contribution in [0.15, 0.2) is 36.5 Å². The van der Waals surface area contributed by atoms with Crippen LogP contribution in [0.25, 0.3) is 0 Å². The standard InChI is InChI=1S/C18H18N2O/c21-18(13-6-7-14-10-19-11-15(14)9-13)16-5-1-3-12-4-2-8-20-17(12)16/h2,4,6-9,16,19H,1,3,5,10-11H2. The van der Waals surface area contributed by atoms with Gasteiger partial charge in [0.05, 0.1) is 11.6 Å². The van der Waals surface area contributed by atoms with Crippen LogP contribution in [0, 0.1) is 0 Å². The minimum Gasteiger partial charge on any atom is -0.309 e. The van der Waals surface area contributed by atoms with Crippen LogP contribution in [-0.4, -0.2) is 10.8 Å². The van der Waals surface area contributed by atoms with Gasteiger partial charge in [-0.25, -0.2) is 0 Å². The van der Waals surface area contributed by atoms with Crippen LogP contribution >= 0.6 is 0 Å².